The highest BCUT2D eigenvalue weighted by Gasteiger charge is 2.30. The Balaban J connectivity index is 1.66. The van der Waals surface area contributed by atoms with Crippen LogP contribution < -0.4 is 4.90 Å². The maximum Gasteiger partial charge on any atom is 0.245 e. The Morgan fingerprint density at radius 2 is 1.67 bits per heavy atom. The van der Waals surface area contributed by atoms with Gasteiger partial charge in [-0.3, -0.25) is 4.79 Å². The van der Waals surface area contributed by atoms with Crippen LogP contribution in [0, 0.1) is 0 Å². The van der Waals surface area contributed by atoms with Gasteiger partial charge in [-0.05, 0) is 36.4 Å². The van der Waals surface area contributed by atoms with E-state index in [1.54, 1.807) is 11.8 Å². The smallest absolute Gasteiger partial charge is 0.245 e. The number of benzene rings is 2. The normalized spacial score (nSPS) is 15.0. The van der Waals surface area contributed by atoms with Crippen molar-refractivity contribution in [2.75, 3.05) is 44.2 Å². The zero-order valence-corrected chi connectivity index (χ0v) is 19.5. The molecule has 30 heavy (non-hydrogen) atoms. The van der Waals surface area contributed by atoms with Gasteiger partial charge in [-0.15, -0.1) is 0 Å². The number of nitrogens with zero attached hydrogens (tertiary/aromatic N) is 3. The van der Waals surface area contributed by atoms with Crippen molar-refractivity contribution in [1.82, 2.24) is 9.21 Å². The average Bonchev–Trinajstić information content (AvgIpc) is 2.73. The summed E-state index contributed by atoms with van der Waals surface area (Å²) in [5.74, 6) is -0.246. The molecule has 10 heteroatoms. The fraction of sp³-hybridized carbons (Fsp3) is 0.350. The molecule has 162 valence electrons. The number of anilines is 1. The highest BCUT2D eigenvalue weighted by Crippen LogP contribution is 2.28. The summed E-state index contributed by atoms with van der Waals surface area (Å²) >= 11 is 18.1. The average molecular weight is 491 g/mol. The molecule has 3 rings (SSSR count). The number of rotatable bonds is 6. The van der Waals surface area contributed by atoms with Gasteiger partial charge in [0.2, 0.25) is 15.9 Å². The summed E-state index contributed by atoms with van der Waals surface area (Å²) in [6.45, 7) is 3.86. The molecule has 1 aliphatic heterocycles. The summed E-state index contributed by atoms with van der Waals surface area (Å²) in [5.41, 5.74) is 1.00. The molecule has 0 atom stereocenters. The number of hydrogen-bond acceptors (Lipinski definition) is 4. The molecule has 0 radical (unpaired) electrons. The number of halogens is 3. The third-order valence-corrected chi connectivity index (χ3v) is 7.85. The van der Waals surface area contributed by atoms with Gasteiger partial charge in [0, 0.05) is 48.5 Å². The molecule has 2 aromatic carbocycles. The summed E-state index contributed by atoms with van der Waals surface area (Å²) in [5, 5.41) is 0.993. The molecule has 1 saturated heterocycles. The number of piperazine rings is 1. The SMILES string of the molecule is CCN(CC(=O)N1CCN(c2cccc(Cl)c2)CC1)S(=O)(=O)c1cc(Cl)ccc1Cl. The van der Waals surface area contributed by atoms with E-state index in [2.05, 4.69) is 4.90 Å². The quantitative estimate of drug-likeness (QED) is 0.614. The minimum atomic E-state index is -3.95. The van der Waals surface area contributed by atoms with Crippen LogP contribution in [0.3, 0.4) is 0 Å². The lowest BCUT2D eigenvalue weighted by molar-refractivity contribution is -0.131. The minimum absolute atomic E-state index is 0.0698. The van der Waals surface area contributed by atoms with E-state index in [1.807, 2.05) is 24.3 Å². The van der Waals surface area contributed by atoms with Crippen LogP contribution in [-0.2, 0) is 14.8 Å². The Kier molecular flexibility index (Phi) is 7.52. The minimum Gasteiger partial charge on any atom is -0.368 e. The molecule has 1 amide bonds. The van der Waals surface area contributed by atoms with E-state index >= 15 is 0 Å². The Morgan fingerprint density at radius 3 is 2.30 bits per heavy atom. The molecule has 0 spiro atoms. The summed E-state index contributed by atoms with van der Waals surface area (Å²) in [6.07, 6.45) is 0. The maximum atomic E-state index is 13.0. The predicted octanol–water partition coefficient (Wildman–Crippen LogP) is 4.01. The second-order valence-corrected chi connectivity index (χ2v) is 10.0. The fourth-order valence-electron chi connectivity index (χ4n) is 3.32. The first-order valence-corrected chi connectivity index (χ1v) is 12.0. The molecule has 0 N–H and O–H groups in total. The number of amides is 1. The lowest BCUT2D eigenvalue weighted by Gasteiger charge is -2.37. The van der Waals surface area contributed by atoms with E-state index in [0.29, 0.717) is 31.2 Å². The van der Waals surface area contributed by atoms with Gasteiger partial charge in [-0.1, -0.05) is 47.8 Å². The van der Waals surface area contributed by atoms with Gasteiger partial charge < -0.3 is 9.80 Å². The van der Waals surface area contributed by atoms with Gasteiger partial charge in [-0.2, -0.15) is 4.31 Å². The molecule has 2 aromatic rings. The predicted molar refractivity (Wildman–Crippen MR) is 121 cm³/mol. The van der Waals surface area contributed by atoms with Crippen molar-refractivity contribution in [3.8, 4) is 0 Å². The van der Waals surface area contributed by atoms with E-state index in [9.17, 15) is 13.2 Å². The summed E-state index contributed by atoms with van der Waals surface area (Å²) in [4.78, 5) is 16.5. The van der Waals surface area contributed by atoms with E-state index in [4.69, 9.17) is 34.8 Å². The monoisotopic (exact) mass is 489 g/mol. The Bertz CT molecular complexity index is 1020. The van der Waals surface area contributed by atoms with Crippen molar-refractivity contribution >= 4 is 56.4 Å². The maximum absolute atomic E-state index is 13.0. The largest absolute Gasteiger partial charge is 0.368 e. The van der Waals surface area contributed by atoms with E-state index in [1.165, 1.54) is 18.2 Å². The third-order valence-electron chi connectivity index (χ3n) is 4.98. The molecule has 0 aliphatic carbocycles. The van der Waals surface area contributed by atoms with Crippen LogP contribution in [0.1, 0.15) is 6.92 Å². The van der Waals surface area contributed by atoms with Crippen molar-refractivity contribution in [2.45, 2.75) is 11.8 Å². The second kappa shape index (κ2) is 9.75. The molecule has 1 heterocycles. The Hall–Kier alpha value is -1.51. The van der Waals surface area contributed by atoms with Crippen LogP contribution in [0.15, 0.2) is 47.4 Å². The molecular formula is C20H22Cl3N3O3S. The van der Waals surface area contributed by atoms with Crippen molar-refractivity contribution in [1.29, 1.82) is 0 Å². The molecule has 1 aliphatic rings. The molecule has 6 nitrogen and oxygen atoms in total. The highest BCUT2D eigenvalue weighted by atomic mass is 35.5. The molecular weight excluding hydrogens is 469 g/mol. The molecule has 0 saturated carbocycles. The van der Waals surface area contributed by atoms with Gasteiger partial charge in [0.25, 0.3) is 0 Å². The summed E-state index contributed by atoms with van der Waals surface area (Å²) in [7, 11) is -3.95. The second-order valence-electron chi connectivity index (χ2n) is 6.85. The van der Waals surface area contributed by atoms with Crippen LogP contribution in [-0.4, -0.2) is 62.8 Å². The molecule has 1 fully saturated rings. The Labute approximate surface area is 192 Å². The van der Waals surface area contributed by atoms with E-state index in [0.717, 1.165) is 9.99 Å². The fourth-order valence-corrected chi connectivity index (χ4v) is 5.64. The van der Waals surface area contributed by atoms with Crippen LogP contribution >= 0.6 is 34.8 Å². The molecule has 0 unspecified atom stereocenters. The first-order chi connectivity index (χ1) is 14.2. The summed E-state index contributed by atoms with van der Waals surface area (Å²) < 4.78 is 27.2. The topological polar surface area (TPSA) is 60.9 Å². The van der Waals surface area contributed by atoms with Crippen LogP contribution in [0.5, 0.6) is 0 Å². The van der Waals surface area contributed by atoms with Crippen molar-refractivity contribution < 1.29 is 13.2 Å². The number of hydrogen-bond donors (Lipinski definition) is 0. The standard InChI is InChI=1S/C20H22Cl3N3O3S/c1-2-26(30(28,29)19-13-16(22)6-7-18(19)23)14-20(27)25-10-8-24(9-11-25)17-5-3-4-15(21)12-17/h3-7,12-13H,2,8-11,14H2,1H3. The van der Waals surface area contributed by atoms with Crippen LogP contribution in [0.4, 0.5) is 5.69 Å². The lowest BCUT2D eigenvalue weighted by Crippen LogP contribution is -2.51. The van der Waals surface area contributed by atoms with Gasteiger partial charge in [-0.25, -0.2) is 8.42 Å². The van der Waals surface area contributed by atoms with Gasteiger partial charge in [0.05, 0.1) is 11.6 Å². The van der Waals surface area contributed by atoms with Crippen LogP contribution in [0.25, 0.3) is 0 Å². The summed E-state index contributed by atoms with van der Waals surface area (Å²) in [6, 6.07) is 11.8. The lowest BCUT2D eigenvalue weighted by atomic mass is 10.2. The van der Waals surface area contributed by atoms with Gasteiger partial charge in [0.1, 0.15) is 4.90 Å². The van der Waals surface area contributed by atoms with Gasteiger partial charge in [0.15, 0.2) is 0 Å². The van der Waals surface area contributed by atoms with E-state index < -0.39 is 10.0 Å². The highest BCUT2D eigenvalue weighted by molar-refractivity contribution is 7.89. The number of carbonyl (C=O) groups is 1. The first kappa shape index (κ1) is 23.2. The Morgan fingerprint density at radius 1 is 1.00 bits per heavy atom. The number of likely N-dealkylation sites (N-methyl/N-ethyl adjacent to an activating group) is 1. The zero-order valence-electron chi connectivity index (χ0n) is 16.4. The van der Waals surface area contributed by atoms with E-state index in [-0.39, 0.29) is 33.9 Å². The number of sulfonamides is 1. The van der Waals surface area contributed by atoms with Crippen molar-refractivity contribution in [2.24, 2.45) is 0 Å². The molecule has 0 bridgehead atoms. The van der Waals surface area contributed by atoms with Gasteiger partial charge >= 0.3 is 0 Å². The molecule has 0 aromatic heterocycles. The number of carbonyl (C=O) groups excluding carboxylic acids is 1. The first-order valence-electron chi connectivity index (χ1n) is 9.46. The third kappa shape index (κ3) is 5.21. The van der Waals surface area contributed by atoms with Crippen molar-refractivity contribution in [3.05, 3.63) is 57.5 Å². The zero-order chi connectivity index (χ0) is 21.9. The van der Waals surface area contributed by atoms with Crippen LogP contribution in [0.2, 0.25) is 15.1 Å². The van der Waals surface area contributed by atoms with Crippen molar-refractivity contribution in [3.63, 3.8) is 0 Å².